The number of nitrogens with one attached hydrogen (secondary N) is 1. The number of hydrogen-bond donors (Lipinski definition) is 1. The van der Waals surface area contributed by atoms with Crippen LogP contribution in [0.1, 0.15) is 68.4 Å². The zero-order valence-corrected chi connectivity index (χ0v) is 19.6. The minimum Gasteiger partial charge on any atom is -0.376 e. The van der Waals surface area contributed by atoms with Gasteiger partial charge in [-0.1, -0.05) is 42.0 Å². The van der Waals surface area contributed by atoms with Crippen LogP contribution in [-0.4, -0.2) is 64.2 Å². The SMILES string of the molecule is CC1(C)CC(CCNC(=O)c2cn(CCN3CCCCC3)nn2)(c2ccccc2)CCO1. The first kappa shape index (κ1) is 22.9. The van der Waals surface area contributed by atoms with Crippen LogP contribution in [0.5, 0.6) is 0 Å². The molecule has 2 aromatic rings. The van der Waals surface area contributed by atoms with E-state index in [1.807, 2.05) is 0 Å². The van der Waals surface area contributed by atoms with Crippen molar-refractivity contribution in [2.24, 2.45) is 0 Å². The Morgan fingerprint density at radius 2 is 1.91 bits per heavy atom. The van der Waals surface area contributed by atoms with Crippen LogP contribution in [0.3, 0.4) is 0 Å². The van der Waals surface area contributed by atoms with Gasteiger partial charge in [0.25, 0.3) is 5.91 Å². The van der Waals surface area contributed by atoms with Crippen LogP contribution in [0.4, 0.5) is 0 Å². The molecule has 2 saturated heterocycles. The molecule has 174 valence electrons. The van der Waals surface area contributed by atoms with Gasteiger partial charge in [-0.25, -0.2) is 0 Å². The molecule has 2 fully saturated rings. The summed E-state index contributed by atoms with van der Waals surface area (Å²) in [7, 11) is 0. The second kappa shape index (κ2) is 10.1. The number of likely N-dealkylation sites (tertiary alicyclic amines) is 1. The van der Waals surface area contributed by atoms with E-state index in [1.54, 1.807) is 10.9 Å². The third-order valence-electron chi connectivity index (χ3n) is 6.98. The van der Waals surface area contributed by atoms with Gasteiger partial charge in [0.15, 0.2) is 5.69 Å². The van der Waals surface area contributed by atoms with Crippen molar-refractivity contribution in [3.8, 4) is 0 Å². The van der Waals surface area contributed by atoms with E-state index in [1.165, 1.54) is 24.8 Å². The summed E-state index contributed by atoms with van der Waals surface area (Å²) >= 11 is 0. The number of carbonyl (C=O) groups is 1. The summed E-state index contributed by atoms with van der Waals surface area (Å²) in [6, 6.07) is 10.7. The highest BCUT2D eigenvalue weighted by molar-refractivity contribution is 5.91. The summed E-state index contributed by atoms with van der Waals surface area (Å²) in [5, 5.41) is 11.3. The van der Waals surface area contributed by atoms with Gasteiger partial charge in [-0.2, -0.15) is 0 Å². The van der Waals surface area contributed by atoms with Gasteiger partial charge in [-0.05, 0) is 64.6 Å². The van der Waals surface area contributed by atoms with Gasteiger partial charge >= 0.3 is 0 Å². The number of aromatic nitrogens is 3. The zero-order valence-electron chi connectivity index (χ0n) is 19.6. The van der Waals surface area contributed by atoms with Crippen LogP contribution in [0.15, 0.2) is 36.5 Å². The fraction of sp³-hybridized carbons (Fsp3) is 0.640. The van der Waals surface area contributed by atoms with E-state index in [-0.39, 0.29) is 16.9 Å². The van der Waals surface area contributed by atoms with Crippen LogP contribution in [0.2, 0.25) is 0 Å². The first-order valence-corrected chi connectivity index (χ1v) is 12.1. The van der Waals surface area contributed by atoms with Crippen molar-refractivity contribution in [3.63, 3.8) is 0 Å². The predicted octanol–water partition coefficient (Wildman–Crippen LogP) is 3.41. The highest BCUT2D eigenvalue weighted by Crippen LogP contribution is 2.43. The number of nitrogens with zero attached hydrogens (tertiary/aromatic N) is 4. The minimum absolute atomic E-state index is 0.00232. The summed E-state index contributed by atoms with van der Waals surface area (Å²) in [5.41, 5.74) is 1.55. The lowest BCUT2D eigenvalue weighted by molar-refractivity contribution is -0.0838. The number of ether oxygens (including phenoxy) is 1. The molecule has 0 saturated carbocycles. The molecular weight excluding hydrogens is 402 g/mol. The maximum Gasteiger partial charge on any atom is 0.273 e. The first-order valence-electron chi connectivity index (χ1n) is 12.1. The average molecular weight is 440 g/mol. The van der Waals surface area contributed by atoms with E-state index >= 15 is 0 Å². The van der Waals surface area contributed by atoms with E-state index in [0.717, 1.165) is 52.0 Å². The average Bonchev–Trinajstić information content (AvgIpc) is 3.28. The van der Waals surface area contributed by atoms with Crippen molar-refractivity contribution in [1.82, 2.24) is 25.2 Å². The Morgan fingerprint density at radius 1 is 1.12 bits per heavy atom. The van der Waals surface area contributed by atoms with E-state index < -0.39 is 0 Å². The monoisotopic (exact) mass is 439 g/mol. The van der Waals surface area contributed by atoms with E-state index in [0.29, 0.717) is 12.2 Å². The Morgan fingerprint density at radius 3 is 2.66 bits per heavy atom. The highest BCUT2D eigenvalue weighted by atomic mass is 16.5. The molecule has 2 aliphatic rings. The molecule has 3 heterocycles. The van der Waals surface area contributed by atoms with Crippen LogP contribution in [0, 0.1) is 0 Å². The number of benzene rings is 1. The Hall–Kier alpha value is -2.25. The van der Waals surface area contributed by atoms with Crippen LogP contribution < -0.4 is 5.32 Å². The van der Waals surface area contributed by atoms with Crippen LogP contribution >= 0.6 is 0 Å². The fourth-order valence-electron chi connectivity index (χ4n) is 5.32. The fourth-order valence-corrected chi connectivity index (χ4v) is 5.32. The van der Waals surface area contributed by atoms with Crippen LogP contribution in [0.25, 0.3) is 0 Å². The van der Waals surface area contributed by atoms with E-state index in [4.69, 9.17) is 4.74 Å². The first-order chi connectivity index (χ1) is 15.5. The second-order valence-corrected chi connectivity index (χ2v) is 9.96. The van der Waals surface area contributed by atoms with E-state index in [9.17, 15) is 4.79 Å². The Bertz CT molecular complexity index is 875. The number of piperidine rings is 1. The molecule has 0 bridgehead atoms. The summed E-state index contributed by atoms with van der Waals surface area (Å²) in [5.74, 6) is -0.149. The van der Waals surface area contributed by atoms with Gasteiger partial charge in [0.1, 0.15) is 0 Å². The van der Waals surface area contributed by atoms with Crippen LogP contribution in [-0.2, 0) is 16.7 Å². The summed E-state index contributed by atoms with van der Waals surface area (Å²) in [6.45, 7) is 9.70. The molecule has 0 aliphatic carbocycles. The van der Waals surface area contributed by atoms with Crippen molar-refractivity contribution in [1.29, 1.82) is 0 Å². The number of rotatable bonds is 8. The molecule has 0 radical (unpaired) electrons. The molecule has 1 aromatic carbocycles. The predicted molar refractivity (Wildman–Crippen MR) is 125 cm³/mol. The van der Waals surface area contributed by atoms with Crippen molar-refractivity contribution in [2.45, 2.75) is 69.9 Å². The van der Waals surface area contributed by atoms with Gasteiger partial charge in [0.2, 0.25) is 0 Å². The minimum atomic E-state index is -0.171. The third kappa shape index (κ3) is 5.75. The van der Waals surface area contributed by atoms with E-state index in [2.05, 4.69) is 64.7 Å². The van der Waals surface area contributed by atoms with Crippen molar-refractivity contribution in [2.75, 3.05) is 32.8 Å². The molecule has 7 nitrogen and oxygen atoms in total. The quantitative estimate of drug-likeness (QED) is 0.682. The zero-order chi connectivity index (χ0) is 22.4. The maximum atomic E-state index is 12.7. The number of amides is 1. The normalized spacial score (nSPS) is 23.7. The van der Waals surface area contributed by atoms with Crippen molar-refractivity contribution >= 4 is 5.91 Å². The lowest BCUT2D eigenvalue weighted by Crippen LogP contribution is -2.45. The Balaban J connectivity index is 1.32. The Kier molecular flexibility index (Phi) is 7.26. The largest absolute Gasteiger partial charge is 0.376 e. The number of carbonyl (C=O) groups excluding carboxylic acids is 1. The molecule has 0 spiro atoms. The summed E-state index contributed by atoms with van der Waals surface area (Å²) in [6.07, 6.45) is 8.43. The smallest absolute Gasteiger partial charge is 0.273 e. The molecule has 4 rings (SSSR count). The maximum absolute atomic E-state index is 12.7. The number of hydrogen-bond acceptors (Lipinski definition) is 5. The summed E-state index contributed by atoms with van der Waals surface area (Å²) < 4.78 is 7.78. The lowest BCUT2D eigenvalue weighted by atomic mass is 9.67. The van der Waals surface area contributed by atoms with Gasteiger partial charge in [0.05, 0.1) is 18.3 Å². The topological polar surface area (TPSA) is 72.3 Å². The highest BCUT2D eigenvalue weighted by Gasteiger charge is 2.41. The molecular formula is C25H37N5O2. The molecule has 1 atom stereocenters. The molecule has 7 heteroatoms. The Labute approximate surface area is 191 Å². The molecule has 32 heavy (non-hydrogen) atoms. The molecule has 1 unspecified atom stereocenters. The molecule has 2 aliphatic heterocycles. The standard InChI is InChI=1S/C25H37N5O2/c1-24(2)20-25(12-18-32-24,21-9-5-3-6-10-21)11-13-26-23(31)22-19-30(28-27-22)17-16-29-14-7-4-8-15-29/h3,5-6,9-10,19H,4,7-8,11-18,20H2,1-2H3,(H,26,31). The lowest BCUT2D eigenvalue weighted by Gasteiger charge is -2.45. The molecule has 1 N–H and O–H groups in total. The molecule has 1 amide bonds. The van der Waals surface area contributed by atoms with Gasteiger partial charge in [0, 0.05) is 25.1 Å². The third-order valence-corrected chi connectivity index (χ3v) is 6.98. The second-order valence-electron chi connectivity index (χ2n) is 9.96. The van der Waals surface area contributed by atoms with Gasteiger partial charge in [-0.15, -0.1) is 5.10 Å². The van der Waals surface area contributed by atoms with Gasteiger partial charge in [-0.3, -0.25) is 9.48 Å². The van der Waals surface area contributed by atoms with Gasteiger partial charge < -0.3 is 15.0 Å². The van der Waals surface area contributed by atoms with Crippen molar-refractivity contribution in [3.05, 3.63) is 47.8 Å². The van der Waals surface area contributed by atoms with Crippen molar-refractivity contribution < 1.29 is 9.53 Å². The summed E-state index contributed by atoms with van der Waals surface area (Å²) in [4.78, 5) is 15.2. The molecule has 1 aromatic heterocycles.